The molecule has 1 fully saturated rings. The van der Waals surface area contributed by atoms with Gasteiger partial charge in [0, 0.05) is 25.7 Å². The fourth-order valence-electron chi connectivity index (χ4n) is 2.72. The van der Waals surface area contributed by atoms with E-state index in [0.717, 1.165) is 19.3 Å². The van der Waals surface area contributed by atoms with Crippen LogP contribution < -0.4 is 20.1 Å². The van der Waals surface area contributed by atoms with Crippen molar-refractivity contribution in [1.29, 1.82) is 0 Å². The Labute approximate surface area is 148 Å². The first kappa shape index (κ1) is 18.9. The summed E-state index contributed by atoms with van der Waals surface area (Å²) in [6, 6.07) is 7.27. The van der Waals surface area contributed by atoms with Crippen LogP contribution in [0.1, 0.15) is 26.2 Å². The minimum atomic E-state index is -0.167. The van der Waals surface area contributed by atoms with Gasteiger partial charge in [-0.15, -0.1) is 0 Å². The number of nitrogens with one attached hydrogen (secondary N) is 2. The molecule has 0 saturated carbocycles. The molecular formula is C18H27N3O4. The van der Waals surface area contributed by atoms with Crippen LogP contribution in [0.5, 0.6) is 11.5 Å². The molecule has 25 heavy (non-hydrogen) atoms. The van der Waals surface area contributed by atoms with Crippen LogP contribution in [0.4, 0.5) is 4.79 Å². The van der Waals surface area contributed by atoms with E-state index < -0.39 is 0 Å². The highest BCUT2D eigenvalue weighted by atomic mass is 16.5. The Morgan fingerprint density at radius 2 is 1.88 bits per heavy atom. The molecule has 7 nitrogen and oxygen atoms in total. The summed E-state index contributed by atoms with van der Waals surface area (Å²) in [6.07, 6.45) is 2.42. The van der Waals surface area contributed by atoms with Gasteiger partial charge in [0.1, 0.15) is 0 Å². The molecule has 1 aliphatic heterocycles. The average molecular weight is 349 g/mol. The van der Waals surface area contributed by atoms with Gasteiger partial charge in [-0.25, -0.2) is 4.79 Å². The molecule has 1 aromatic carbocycles. The lowest BCUT2D eigenvalue weighted by Crippen LogP contribution is -2.50. The molecule has 1 saturated heterocycles. The maximum atomic E-state index is 12.1. The molecule has 0 radical (unpaired) electrons. The molecule has 0 aliphatic carbocycles. The van der Waals surface area contributed by atoms with Crippen LogP contribution in [0, 0.1) is 0 Å². The summed E-state index contributed by atoms with van der Waals surface area (Å²) in [5.74, 6) is 0.976. The first-order chi connectivity index (χ1) is 12.1. The van der Waals surface area contributed by atoms with Crippen molar-refractivity contribution in [1.82, 2.24) is 15.5 Å². The minimum absolute atomic E-state index is 0.0221. The Balaban J connectivity index is 1.71. The number of rotatable bonds is 7. The van der Waals surface area contributed by atoms with Crippen LogP contribution in [0.2, 0.25) is 0 Å². The monoisotopic (exact) mass is 349 g/mol. The second-order valence-electron chi connectivity index (χ2n) is 6.00. The minimum Gasteiger partial charge on any atom is -0.493 e. The molecule has 1 aromatic rings. The maximum Gasteiger partial charge on any atom is 0.317 e. The van der Waals surface area contributed by atoms with Gasteiger partial charge in [0.05, 0.1) is 7.11 Å². The van der Waals surface area contributed by atoms with Gasteiger partial charge in [-0.2, -0.15) is 0 Å². The molecule has 2 rings (SSSR count). The number of carbonyl (C=O) groups excluding carboxylic acids is 2. The Hall–Kier alpha value is -2.44. The number of methoxy groups -OCH3 is 1. The number of likely N-dealkylation sites (tertiary alicyclic amines) is 1. The Morgan fingerprint density at radius 1 is 1.20 bits per heavy atom. The molecule has 7 heteroatoms. The van der Waals surface area contributed by atoms with E-state index in [1.54, 1.807) is 24.1 Å². The van der Waals surface area contributed by atoms with Gasteiger partial charge in [-0.3, -0.25) is 4.79 Å². The molecule has 1 aliphatic rings. The van der Waals surface area contributed by atoms with Crippen LogP contribution >= 0.6 is 0 Å². The fraction of sp³-hybridized carbons (Fsp3) is 0.556. The maximum absolute atomic E-state index is 12.1. The van der Waals surface area contributed by atoms with E-state index in [0.29, 0.717) is 31.1 Å². The molecule has 2 N–H and O–H groups in total. The number of nitrogens with zero attached hydrogens (tertiary/aromatic N) is 1. The molecule has 3 amide bonds. The van der Waals surface area contributed by atoms with Gasteiger partial charge < -0.3 is 25.0 Å². The normalized spacial score (nSPS) is 14.7. The zero-order chi connectivity index (χ0) is 18.1. The molecular weight excluding hydrogens is 322 g/mol. The van der Waals surface area contributed by atoms with E-state index in [1.165, 1.54) is 0 Å². The summed E-state index contributed by atoms with van der Waals surface area (Å²) < 4.78 is 10.7. The Morgan fingerprint density at radius 3 is 2.52 bits per heavy atom. The Kier molecular flexibility index (Phi) is 7.37. The van der Waals surface area contributed by atoms with Crippen LogP contribution in [-0.4, -0.2) is 56.2 Å². The molecule has 0 atom stereocenters. The zero-order valence-corrected chi connectivity index (χ0v) is 14.9. The lowest BCUT2D eigenvalue weighted by molar-refractivity contribution is -0.124. The van der Waals surface area contributed by atoms with E-state index in [1.807, 2.05) is 19.1 Å². The standard InChI is InChI=1S/C18H27N3O4/c1-3-10-19-18(23)21-11-8-14(9-12-21)20-17(22)13-25-16-7-5-4-6-15(16)24-2/h4-7,14H,3,8-13H2,1-2H3,(H,19,23)(H,20,22). The number of hydrogen-bond acceptors (Lipinski definition) is 4. The number of benzene rings is 1. The summed E-state index contributed by atoms with van der Waals surface area (Å²) >= 11 is 0. The van der Waals surface area contributed by atoms with E-state index in [2.05, 4.69) is 10.6 Å². The molecule has 0 spiro atoms. The summed E-state index contributed by atoms with van der Waals surface area (Å²) in [4.78, 5) is 25.8. The molecule has 1 heterocycles. The molecule has 0 unspecified atom stereocenters. The number of amides is 3. The molecule has 0 aromatic heterocycles. The van der Waals surface area contributed by atoms with Gasteiger partial charge in [0.25, 0.3) is 5.91 Å². The summed E-state index contributed by atoms with van der Waals surface area (Å²) in [5.41, 5.74) is 0. The number of urea groups is 1. The van der Waals surface area contributed by atoms with E-state index in [9.17, 15) is 9.59 Å². The Bertz CT molecular complexity index is 571. The number of hydrogen-bond donors (Lipinski definition) is 2. The van der Waals surface area contributed by atoms with Crippen molar-refractivity contribution in [2.75, 3.05) is 33.4 Å². The van der Waals surface area contributed by atoms with Gasteiger partial charge in [-0.1, -0.05) is 19.1 Å². The molecule has 0 bridgehead atoms. The van der Waals surface area contributed by atoms with Crippen LogP contribution in [0.25, 0.3) is 0 Å². The summed E-state index contributed by atoms with van der Waals surface area (Å²) in [6.45, 7) is 3.95. The topological polar surface area (TPSA) is 79.9 Å². The first-order valence-electron chi connectivity index (χ1n) is 8.72. The lowest BCUT2D eigenvalue weighted by Gasteiger charge is -2.32. The van der Waals surface area contributed by atoms with Crippen molar-refractivity contribution in [3.63, 3.8) is 0 Å². The van der Waals surface area contributed by atoms with Crippen molar-refractivity contribution in [3.05, 3.63) is 24.3 Å². The number of para-hydroxylation sites is 2. The lowest BCUT2D eigenvalue weighted by atomic mass is 10.1. The van der Waals surface area contributed by atoms with Crippen molar-refractivity contribution in [2.24, 2.45) is 0 Å². The van der Waals surface area contributed by atoms with Crippen molar-refractivity contribution in [3.8, 4) is 11.5 Å². The van der Waals surface area contributed by atoms with Crippen LogP contribution in [0.15, 0.2) is 24.3 Å². The second-order valence-corrected chi connectivity index (χ2v) is 6.00. The predicted molar refractivity (Wildman–Crippen MR) is 94.9 cm³/mol. The van der Waals surface area contributed by atoms with Crippen molar-refractivity contribution < 1.29 is 19.1 Å². The highest BCUT2D eigenvalue weighted by Crippen LogP contribution is 2.25. The quantitative estimate of drug-likeness (QED) is 0.786. The highest BCUT2D eigenvalue weighted by molar-refractivity contribution is 5.78. The third kappa shape index (κ3) is 5.85. The highest BCUT2D eigenvalue weighted by Gasteiger charge is 2.23. The van der Waals surface area contributed by atoms with Gasteiger partial charge >= 0.3 is 6.03 Å². The third-order valence-corrected chi connectivity index (χ3v) is 4.10. The van der Waals surface area contributed by atoms with Gasteiger partial charge in [0.15, 0.2) is 18.1 Å². The number of ether oxygens (including phenoxy) is 2. The van der Waals surface area contributed by atoms with Crippen molar-refractivity contribution >= 4 is 11.9 Å². The first-order valence-corrected chi connectivity index (χ1v) is 8.72. The third-order valence-electron chi connectivity index (χ3n) is 4.10. The second kappa shape index (κ2) is 9.76. The average Bonchev–Trinajstić information content (AvgIpc) is 2.65. The van der Waals surface area contributed by atoms with Gasteiger partial charge in [0.2, 0.25) is 0 Å². The van der Waals surface area contributed by atoms with E-state index >= 15 is 0 Å². The fourth-order valence-corrected chi connectivity index (χ4v) is 2.72. The van der Waals surface area contributed by atoms with E-state index in [-0.39, 0.29) is 24.6 Å². The number of carbonyl (C=O) groups is 2. The van der Waals surface area contributed by atoms with Crippen molar-refractivity contribution in [2.45, 2.75) is 32.2 Å². The largest absolute Gasteiger partial charge is 0.493 e. The SMILES string of the molecule is CCCNC(=O)N1CCC(NC(=O)COc2ccccc2OC)CC1. The number of piperidine rings is 1. The van der Waals surface area contributed by atoms with Gasteiger partial charge in [-0.05, 0) is 31.4 Å². The van der Waals surface area contributed by atoms with Crippen LogP contribution in [0.3, 0.4) is 0 Å². The van der Waals surface area contributed by atoms with Crippen LogP contribution in [-0.2, 0) is 4.79 Å². The zero-order valence-electron chi connectivity index (χ0n) is 14.9. The smallest absolute Gasteiger partial charge is 0.317 e. The predicted octanol–water partition coefficient (Wildman–Crippen LogP) is 1.77. The summed E-state index contributed by atoms with van der Waals surface area (Å²) in [5, 5.41) is 5.84. The summed E-state index contributed by atoms with van der Waals surface area (Å²) in [7, 11) is 1.56. The van der Waals surface area contributed by atoms with E-state index in [4.69, 9.17) is 9.47 Å². The molecule has 138 valence electrons.